The Morgan fingerprint density at radius 3 is 2.29 bits per heavy atom. The number of aryl methyl sites for hydroxylation is 2. The van der Waals surface area contributed by atoms with Crippen molar-refractivity contribution in [2.45, 2.75) is 45.6 Å². The Morgan fingerprint density at radius 1 is 1.18 bits per heavy atom. The molecule has 0 bridgehead atoms. The van der Waals surface area contributed by atoms with Crippen LogP contribution in [-0.2, 0) is 0 Å². The summed E-state index contributed by atoms with van der Waals surface area (Å²) in [6.07, 6.45) is 4.59. The molecule has 1 aromatic rings. The second-order valence-electron chi connectivity index (χ2n) is 5.18. The molecule has 0 spiro atoms. The molecule has 1 fully saturated rings. The van der Waals surface area contributed by atoms with Crippen molar-refractivity contribution in [3.63, 3.8) is 0 Å². The minimum Gasteiger partial charge on any atom is -0.396 e. The zero-order valence-electron chi connectivity index (χ0n) is 10.7. The lowest BCUT2D eigenvalue weighted by atomic mass is 9.86. The molecular weight excluding hydrogens is 212 g/mol. The second-order valence-corrected chi connectivity index (χ2v) is 5.18. The van der Waals surface area contributed by atoms with Crippen LogP contribution in [0.4, 0.5) is 5.69 Å². The van der Waals surface area contributed by atoms with Crippen molar-refractivity contribution in [2.24, 2.45) is 5.92 Å². The topological polar surface area (TPSA) is 45.1 Å². The van der Waals surface area contributed by atoms with Crippen LogP contribution in [0.15, 0.2) is 12.1 Å². The van der Waals surface area contributed by atoms with Crippen LogP contribution >= 0.6 is 0 Å². The molecule has 1 aliphatic rings. The quantitative estimate of drug-likeness (QED) is 0.845. The van der Waals surface area contributed by atoms with Gasteiger partial charge in [0.1, 0.15) is 0 Å². The highest BCUT2D eigenvalue weighted by atomic mass is 16.3. The third kappa shape index (κ3) is 3.43. The Labute approximate surface area is 103 Å². The standard InChI is InChI=1S/C14H22N2O/c1-10-7-14(8-11(2)15-10)16-13-5-3-12(9-17)4-6-13/h7-8,12-13,17H,3-6,9H2,1-2H3,(H,15,16). The van der Waals surface area contributed by atoms with Gasteiger partial charge in [-0.1, -0.05) is 0 Å². The van der Waals surface area contributed by atoms with Crippen molar-refractivity contribution in [1.29, 1.82) is 0 Å². The molecule has 94 valence electrons. The van der Waals surface area contributed by atoms with Gasteiger partial charge < -0.3 is 10.4 Å². The van der Waals surface area contributed by atoms with Gasteiger partial charge in [0.15, 0.2) is 0 Å². The number of nitrogens with zero attached hydrogens (tertiary/aromatic N) is 1. The van der Waals surface area contributed by atoms with Crippen LogP contribution in [-0.4, -0.2) is 22.7 Å². The van der Waals surface area contributed by atoms with E-state index in [1.165, 1.54) is 5.69 Å². The number of hydrogen-bond acceptors (Lipinski definition) is 3. The monoisotopic (exact) mass is 234 g/mol. The van der Waals surface area contributed by atoms with Gasteiger partial charge in [0.05, 0.1) is 0 Å². The van der Waals surface area contributed by atoms with E-state index in [0.29, 0.717) is 18.6 Å². The summed E-state index contributed by atoms with van der Waals surface area (Å²) in [6.45, 7) is 4.40. The summed E-state index contributed by atoms with van der Waals surface area (Å²) in [4.78, 5) is 4.38. The molecule has 0 aliphatic heterocycles. The number of pyridine rings is 1. The second kappa shape index (κ2) is 5.50. The summed E-state index contributed by atoms with van der Waals surface area (Å²) in [7, 11) is 0. The Bertz CT molecular complexity index is 350. The molecule has 2 N–H and O–H groups in total. The first-order chi connectivity index (χ1) is 8.17. The van der Waals surface area contributed by atoms with Crippen molar-refractivity contribution in [3.8, 4) is 0 Å². The molecule has 1 saturated carbocycles. The molecule has 0 amide bonds. The molecule has 3 nitrogen and oxygen atoms in total. The number of nitrogens with one attached hydrogen (secondary N) is 1. The van der Waals surface area contributed by atoms with Crippen LogP contribution < -0.4 is 5.32 Å². The fourth-order valence-electron chi connectivity index (χ4n) is 2.64. The smallest absolute Gasteiger partial charge is 0.0459 e. The third-order valence-electron chi connectivity index (χ3n) is 3.56. The predicted molar refractivity (Wildman–Crippen MR) is 70.2 cm³/mol. The highest BCUT2D eigenvalue weighted by Crippen LogP contribution is 2.26. The molecule has 3 heteroatoms. The fraction of sp³-hybridized carbons (Fsp3) is 0.643. The zero-order valence-corrected chi connectivity index (χ0v) is 10.7. The number of hydrogen-bond donors (Lipinski definition) is 2. The normalized spacial score (nSPS) is 24.6. The lowest BCUT2D eigenvalue weighted by Crippen LogP contribution is -2.27. The summed E-state index contributed by atoms with van der Waals surface area (Å²) >= 11 is 0. The Kier molecular flexibility index (Phi) is 4.00. The Morgan fingerprint density at radius 2 is 1.76 bits per heavy atom. The summed E-state index contributed by atoms with van der Waals surface area (Å²) in [6, 6.07) is 4.76. The van der Waals surface area contributed by atoms with Gasteiger partial charge in [0, 0.05) is 29.7 Å². The molecule has 17 heavy (non-hydrogen) atoms. The highest BCUT2D eigenvalue weighted by molar-refractivity contribution is 5.46. The van der Waals surface area contributed by atoms with Gasteiger partial charge in [-0.3, -0.25) is 4.98 Å². The van der Waals surface area contributed by atoms with Gasteiger partial charge in [-0.25, -0.2) is 0 Å². The van der Waals surface area contributed by atoms with Crippen molar-refractivity contribution in [1.82, 2.24) is 4.98 Å². The number of aliphatic hydroxyl groups excluding tert-OH is 1. The predicted octanol–water partition coefficient (Wildman–Crippen LogP) is 2.66. The van der Waals surface area contributed by atoms with Crippen LogP contribution in [0.3, 0.4) is 0 Å². The summed E-state index contributed by atoms with van der Waals surface area (Å²) in [5, 5.41) is 12.7. The van der Waals surface area contributed by atoms with Crippen LogP contribution in [0, 0.1) is 19.8 Å². The molecule has 1 aliphatic carbocycles. The number of rotatable bonds is 3. The molecule has 2 rings (SSSR count). The molecule has 1 aromatic heterocycles. The SMILES string of the molecule is Cc1cc(NC2CCC(CO)CC2)cc(C)n1. The Balaban J connectivity index is 1.93. The van der Waals surface area contributed by atoms with Gasteiger partial charge in [-0.15, -0.1) is 0 Å². The summed E-state index contributed by atoms with van der Waals surface area (Å²) in [5.41, 5.74) is 3.32. The van der Waals surface area contributed by atoms with E-state index in [-0.39, 0.29) is 0 Å². The molecule has 0 saturated heterocycles. The van der Waals surface area contributed by atoms with E-state index in [0.717, 1.165) is 37.1 Å². The van der Waals surface area contributed by atoms with E-state index >= 15 is 0 Å². The lowest BCUT2D eigenvalue weighted by Gasteiger charge is -2.28. The first kappa shape index (κ1) is 12.4. The minimum atomic E-state index is 0.347. The van der Waals surface area contributed by atoms with Crippen molar-refractivity contribution in [2.75, 3.05) is 11.9 Å². The maximum Gasteiger partial charge on any atom is 0.0459 e. The average Bonchev–Trinajstić information content (AvgIpc) is 2.28. The van der Waals surface area contributed by atoms with Gasteiger partial charge in [-0.05, 0) is 57.6 Å². The third-order valence-corrected chi connectivity index (χ3v) is 3.56. The summed E-state index contributed by atoms with van der Waals surface area (Å²) in [5.74, 6) is 0.522. The van der Waals surface area contributed by atoms with E-state index < -0.39 is 0 Å². The van der Waals surface area contributed by atoms with E-state index in [4.69, 9.17) is 5.11 Å². The first-order valence-electron chi connectivity index (χ1n) is 6.50. The van der Waals surface area contributed by atoms with Crippen molar-refractivity contribution in [3.05, 3.63) is 23.5 Å². The van der Waals surface area contributed by atoms with E-state index in [9.17, 15) is 0 Å². The van der Waals surface area contributed by atoms with Gasteiger partial charge in [0.25, 0.3) is 0 Å². The number of aliphatic hydroxyl groups is 1. The summed E-state index contributed by atoms with van der Waals surface area (Å²) < 4.78 is 0. The molecule has 0 aromatic carbocycles. The Hall–Kier alpha value is -1.09. The van der Waals surface area contributed by atoms with Gasteiger partial charge in [-0.2, -0.15) is 0 Å². The number of aromatic nitrogens is 1. The minimum absolute atomic E-state index is 0.347. The zero-order chi connectivity index (χ0) is 12.3. The first-order valence-corrected chi connectivity index (χ1v) is 6.50. The molecule has 0 radical (unpaired) electrons. The van der Waals surface area contributed by atoms with Crippen LogP contribution in [0.25, 0.3) is 0 Å². The highest BCUT2D eigenvalue weighted by Gasteiger charge is 2.20. The molecule has 1 heterocycles. The van der Waals surface area contributed by atoms with Gasteiger partial charge in [0.2, 0.25) is 0 Å². The van der Waals surface area contributed by atoms with Crippen LogP contribution in [0.5, 0.6) is 0 Å². The van der Waals surface area contributed by atoms with Gasteiger partial charge >= 0.3 is 0 Å². The lowest BCUT2D eigenvalue weighted by molar-refractivity contribution is 0.186. The van der Waals surface area contributed by atoms with Crippen LogP contribution in [0.1, 0.15) is 37.1 Å². The molecule has 0 unspecified atom stereocenters. The molecule has 0 atom stereocenters. The maximum atomic E-state index is 9.11. The molecular formula is C14H22N2O. The van der Waals surface area contributed by atoms with E-state index in [1.54, 1.807) is 0 Å². The number of anilines is 1. The largest absolute Gasteiger partial charge is 0.396 e. The van der Waals surface area contributed by atoms with Crippen molar-refractivity contribution >= 4 is 5.69 Å². The van der Waals surface area contributed by atoms with E-state index in [2.05, 4.69) is 22.4 Å². The van der Waals surface area contributed by atoms with Crippen LogP contribution in [0.2, 0.25) is 0 Å². The fourth-order valence-corrected chi connectivity index (χ4v) is 2.64. The average molecular weight is 234 g/mol. The van der Waals surface area contributed by atoms with Crippen molar-refractivity contribution < 1.29 is 5.11 Å². The maximum absolute atomic E-state index is 9.11. The van der Waals surface area contributed by atoms with E-state index in [1.807, 2.05) is 13.8 Å².